The number of benzene rings is 4. The summed E-state index contributed by atoms with van der Waals surface area (Å²) in [5, 5.41) is 0. The van der Waals surface area contributed by atoms with Crippen LogP contribution in [-0.4, -0.2) is 36.5 Å². The first-order valence-corrected chi connectivity index (χ1v) is 32.9. The fourth-order valence-electron chi connectivity index (χ4n) is 9.46. The fourth-order valence-corrected chi connectivity index (χ4v) is 12.4. The lowest BCUT2D eigenvalue weighted by molar-refractivity contribution is -0.182. The molecule has 0 aliphatic carbocycles. The normalized spacial score (nSPS) is 13.5. The summed E-state index contributed by atoms with van der Waals surface area (Å²) >= 11 is 0. The van der Waals surface area contributed by atoms with Crippen molar-refractivity contribution in [2.45, 2.75) is 220 Å². The van der Waals surface area contributed by atoms with Crippen LogP contribution in [0.1, 0.15) is 210 Å². The summed E-state index contributed by atoms with van der Waals surface area (Å²) in [6.45, 7) is 8.46. The first-order chi connectivity index (χ1) is 36.3. The van der Waals surface area contributed by atoms with E-state index in [-0.39, 0.29) is 19.8 Å². The van der Waals surface area contributed by atoms with E-state index in [4.69, 9.17) is 23.0 Å². The molecule has 0 radical (unpaired) electrons. The van der Waals surface area contributed by atoms with Crippen LogP contribution >= 0.6 is 15.0 Å². The summed E-state index contributed by atoms with van der Waals surface area (Å²) in [7, 11) is -5.82. The molecule has 2 unspecified atom stereocenters. The minimum absolute atomic E-state index is 0.131. The van der Waals surface area contributed by atoms with Gasteiger partial charge in [0.1, 0.15) is 12.2 Å². The molecule has 11 heteroatoms. The molecule has 4 aromatic carbocycles. The second-order valence-corrected chi connectivity index (χ2v) is 26.9. The summed E-state index contributed by atoms with van der Waals surface area (Å²) in [6.07, 6.45) is 27.9. The van der Waals surface area contributed by atoms with Gasteiger partial charge in [0, 0.05) is 12.8 Å². The fraction of sp³-hybridized carbons (Fsp3) is 0.594. The van der Waals surface area contributed by atoms with Crippen molar-refractivity contribution in [1.29, 1.82) is 0 Å². The Hall–Kier alpha value is -3.84. The molecule has 2 atom stereocenters. The summed E-state index contributed by atoms with van der Waals surface area (Å²) in [5.74, 6) is -0.905. The maximum atomic E-state index is 14.2. The minimum atomic E-state index is -3.25. The van der Waals surface area contributed by atoms with Crippen LogP contribution in [-0.2, 0) is 68.2 Å². The maximum absolute atomic E-state index is 14.2. The van der Waals surface area contributed by atoms with Crippen LogP contribution in [0.25, 0.3) is 0 Å². The van der Waals surface area contributed by atoms with E-state index in [1.165, 1.54) is 64.2 Å². The van der Waals surface area contributed by atoms with Gasteiger partial charge < -0.3 is 23.0 Å². The van der Waals surface area contributed by atoms with Crippen LogP contribution < -0.4 is 0 Å². The first-order valence-electron chi connectivity index (χ1n) is 28.9. The van der Waals surface area contributed by atoms with Crippen molar-refractivity contribution in [2.24, 2.45) is 5.41 Å². The van der Waals surface area contributed by atoms with Crippen molar-refractivity contribution >= 4 is 26.9 Å². The second-order valence-electron chi connectivity index (χ2n) is 22.0. The molecule has 0 fully saturated rings. The molecule has 0 amide bonds. The first kappa shape index (κ1) is 63.7. The quantitative estimate of drug-likeness (QED) is 0.0185. The molecule has 0 aliphatic rings. The predicted octanol–water partition coefficient (Wildman–Crippen LogP) is 19.0. The van der Waals surface area contributed by atoms with Crippen LogP contribution in [0.3, 0.4) is 0 Å². The van der Waals surface area contributed by atoms with Gasteiger partial charge in [0.05, 0.1) is 26.0 Å². The molecule has 0 saturated carbocycles. The molecular weight excluding hydrogens is 975 g/mol. The van der Waals surface area contributed by atoms with Crippen LogP contribution in [0.5, 0.6) is 0 Å². The van der Waals surface area contributed by atoms with Gasteiger partial charge >= 0.3 is 19.5 Å². The lowest BCUT2D eigenvalue weighted by Gasteiger charge is -2.33. The third-order valence-corrected chi connectivity index (χ3v) is 17.7. The number of ether oxygens (including phenoxy) is 2. The SMILES string of the molecule is CC(C)(C)OC(=O)C(CCCCCCCCCCCCCCP(C)(=O)OCc1ccccc1)(CCCCCCCCCCCCCCP(=O)(OCc1ccccc1)OCc1ccccc1)C(=O)OCc1ccccc1. The Kier molecular flexibility index (Phi) is 31.5. The van der Waals surface area contributed by atoms with Gasteiger partial charge in [0.25, 0.3) is 0 Å². The van der Waals surface area contributed by atoms with Crippen molar-refractivity contribution < 1.29 is 41.8 Å². The van der Waals surface area contributed by atoms with E-state index >= 15 is 0 Å². The van der Waals surface area contributed by atoms with Gasteiger partial charge in [0.15, 0.2) is 5.41 Å². The molecule has 0 spiro atoms. The van der Waals surface area contributed by atoms with E-state index in [9.17, 15) is 18.7 Å². The zero-order valence-electron chi connectivity index (χ0n) is 46.7. The van der Waals surface area contributed by atoms with Gasteiger partial charge in [-0.2, -0.15) is 0 Å². The highest BCUT2D eigenvalue weighted by molar-refractivity contribution is 7.58. The molecule has 0 aliphatic heterocycles. The molecule has 4 rings (SSSR count). The van der Waals surface area contributed by atoms with E-state index in [0.29, 0.717) is 31.8 Å². The summed E-state index contributed by atoms with van der Waals surface area (Å²) in [6, 6.07) is 39.3. The summed E-state index contributed by atoms with van der Waals surface area (Å²) in [4.78, 5) is 28.4. The van der Waals surface area contributed by atoms with Crippen LogP contribution in [0.2, 0.25) is 0 Å². The van der Waals surface area contributed by atoms with Gasteiger partial charge in [-0.05, 0) is 68.7 Å². The van der Waals surface area contributed by atoms with Gasteiger partial charge in [-0.25, -0.2) is 0 Å². The Labute approximate surface area is 454 Å². The Morgan fingerprint density at radius 1 is 0.373 bits per heavy atom. The van der Waals surface area contributed by atoms with E-state index < -0.39 is 37.9 Å². The van der Waals surface area contributed by atoms with Gasteiger partial charge in [-0.15, -0.1) is 0 Å². The average molecular weight is 1070 g/mol. The highest BCUT2D eigenvalue weighted by Crippen LogP contribution is 2.51. The highest BCUT2D eigenvalue weighted by Gasteiger charge is 2.49. The smallest absolute Gasteiger partial charge is 0.331 e. The van der Waals surface area contributed by atoms with Gasteiger partial charge in [-0.1, -0.05) is 263 Å². The maximum Gasteiger partial charge on any atom is 0.331 e. The minimum Gasteiger partial charge on any atom is -0.460 e. The van der Waals surface area contributed by atoms with Gasteiger partial charge in [-0.3, -0.25) is 18.7 Å². The van der Waals surface area contributed by atoms with Crippen LogP contribution in [0, 0.1) is 5.41 Å². The number of carbonyl (C=O) groups is 2. The number of hydrogen-bond acceptors (Lipinski definition) is 9. The van der Waals surface area contributed by atoms with Crippen molar-refractivity contribution in [3.05, 3.63) is 144 Å². The second kappa shape index (κ2) is 37.1. The van der Waals surface area contributed by atoms with Crippen LogP contribution in [0.15, 0.2) is 121 Å². The predicted molar refractivity (Wildman–Crippen MR) is 309 cm³/mol. The molecule has 416 valence electrons. The van der Waals surface area contributed by atoms with E-state index in [1.54, 1.807) is 6.66 Å². The molecule has 75 heavy (non-hydrogen) atoms. The Morgan fingerprint density at radius 3 is 1.01 bits per heavy atom. The Morgan fingerprint density at radius 2 is 0.667 bits per heavy atom. The number of hydrogen-bond donors (Lipinski definition) is 0. The lowest BCUT2D eigenvalue weighted by atomic mass is 9.77. The molecule has 0 bridgehead atoms. The topological polar surface area (TPSA) is 114 Å². The average Bonchev–Trinajstić information content (AvgIpc) is 3.41. The highest BCUT2D eigenvalue weighted by atomic mass is 31.2. The third-order valence-electron chi connectivity index (χ3n) is 14.0. The molecule has 0 aromatic heterocycles. The van der Waals surface area contributed by atoms with Crippen molar-refractivity contribution in [1.82, 2.24) is 0 Å². The lowest BCUT2D eigenvalue weighted by Crippen LogP contribution is -2.44. The molecule has 0 heterocycles. The number of unbranched alkanes of at least 4 members (excludes halogenated alkanes) is 22. The zero-order chi connectivity index (χ0) is 53.8. The number of rotatable bonds is 43. The summed E-state index contributed by atoms with van der Waals surface area (Å²) in [5.41, 5.74) is 1.87. The van der Waals surface area contributed by atoms with E-state index in [0.717, 1.165) is 112 Å². The zero-order valence-corrected chi connectivity index (χ0v) is 48.5. The monoisotopic (exact) mass is 1070 g/mol. The van der Waals surface area contributed by atoms with E-state index in [2.05, 4.69) is 0 Å². The Bertz CT molecular complexity index is 2130. The Balaban J connectivity index is 1.11. The largest absolute Gasteiger partial charge is 0.460 e. The molecule has 9 nitrogen and oxygen atoms in total. The standard InChI is InChI=1S/C64H96O9P2/c1-63(2,3)73-62(66)64(61(65)69-53-57-41-29-25-30-42-57,49-37-21-17-13-9-5-7-11-15-19-23-39-51-74(4,67)70-54-58-43-31-26-32-44-58)50-38-22-18-14-10-6-8-12-16-20-24-40-52-75(68,71-55-59-45-33-27-34-46-59)72-56-60-47-35-28-36-48-60/h25-36,41-48H,5-24,37-40,49-56H2,1-4H3. The number of carbonyl (C=O) groups excluding carboxylic acids is 2. The third kappa shape index (κ3) is 28.9. The van der Waals surface area contributed by atoms with Crippen molar-refractivity contribution in [3.63, 3.8) is 0 Å². The molecule has 0 saturated heterocycles. The van der Waals surface area contributed by atoms with Crippen LogP contribution in [0.4, 0.5) is 0 Å². The van der Waals surface area contributed by atoms with Gasteiger partial charge in [0.2, 0.25) is 7.37 Å². The number of esters is 2. The molecule has 4 aromatic rings. The van der Waals surface area contributed by atoms with Crippen molar-refractivity contribution in [3.8, 4) is 0 Å². The molecule has 0 N–H and O–H groups in total. The molecular formula is C64H96O9P2. The summed E-state index contributed by atoms with van der Waals surface area (Å²) < 4.78 is 56.4. The van der Waals surface area contributed by atoms with Crippen molar-refractivity contribution in [2.75, 3.05) is 19.0 Å². The van der Waals surface area contributed by atoms with E-state index in [1.807, 2.05) is 142 Å².